The number of nitrogens with one attached hydrogen (secondary N) is 1. The number of β-amino-alcohol motifs (C(OH)–C–C–N with tert-alkyl or cyclic N) is 1. The van der Waals surface area contributed by atoms with Crippen LogP contribution in [-0.2, 0) is 6.54 Å². The molecule has 0 spiro atoms. The fourth-order valence-corrected chi connectivity index (χ4v) is 4.70. The lowest BCUT2D eigenvalue weighted by atomic mass is 9.99. The zero-order valence-electron chi connectivity index (χ0n) is 20.3. The number of hydrogen-bond donors (Lipinski definition) is 2. The van der Waals surface area contributed by atoms with Gasteiger partial charge in [0.1, 0.15) is 18.2 Å². The number of pyridine rings is 1. The van der Waals surface area contributed by atoms with Gasteiger partial charge in [0.15, 0.2) is 11.5 Å². The third-order valence-electron chi connectivity index (χ3n) is 6.92. The molecule has 0 amide bonds. The van der Waals surface area contributed by atoms with Gasteiger partial charge in [-0.25, -0.2) is 9.37 Å². The number of ether oxygens (including phenoxy) is 2. The summed E-state index contributed by atoms with van der Waals surface area (Å²) in [6, 6.07) is 9.02. The molecule has 2 aliphatic heterocycles. The van der Waals surface area contributed by atoms with Gasteiger partial charge in [0, 0.05) is 32.7 Å². The predicted molar refractivity (Wildman–Crippen MR) is 131 cm³/mol. The molecule has 1 unspecified atom stereocenters. The molecule has 1 aromatic carbocycles. The van der Waals surface area contributed by atoms with Crippen molar-refractivity contribution < 1.29 is 19.0 Å². The quantitative estimate of drug-likeness (QED) is 0.551. The fraction of sp³-hybridized carbons (Fsp3) is 0.577. The molecule has 2 saturated heterocycles. The highest BCUT2D eigenvalue weighted by atomic mass is 19.1. The number of methoxy groups -OCH3 is 1. The van der Waals surface area contributed by atoms with Gasteiger partial charge in [0.2, 0.25) is 0 Å². The molecule has 0 saturated carbocycles. The Bertz CT molecular complexity index is 921. The summed E-state index contributed by atoms with van der Waals surface area (Å²) < 4.78 is 24.7. The average molecular weight is 473 g/mol. The Morgan fingerprint density at radius 3 is 2.74 bits per heavy atom. The van der Waals surface area contributed by atoms with Crippen molar-refractivity contribution in [2.75, 3.05) is 57.9 Å². The van der Waals surface area contributed by atoms with Crippen molar-refractivity contribution in [3.63, 3.8) is 0 Å². The second kappa shape index (κ2) is 11.3. The number of hydrogen-bond acceptors (Lipinski definition) is 7. The number of likely N-dealkylation sites (tertiary alicyclic amines) is 1. The van der Waals surface area contributed by atoms with Gasteiger partial charge in [-0.1, -0.05) is 13.0 Å². The molecule has 186 valence electrons. The number of piperidine rings is 1. The molecule has 2 aromatic rings. The van der Waals surface area contributed by atoms with Crippen molar-refractivity contribution in [2.45, 2.75) is 38.3 Å². The largest absolute Gasteiger partial charge is 0.493 e. The third kappa shape index (κ3) is 6.58. The van der Waals surface area contributed by atoms with E-state index in [0.29, 0.717) is 45.0 Å². The molecule has 7 nitrogen and oxygen atoms in total. The summed E-state index contributed by atoms with van der Waals surface area (Å²) in [4.78, 5) is 8.57. The summed E-state index contributed by atoms with van der Waals surface area (Å²) in [5.41, 5.74) is 0.211. The van der Waals surface area contributed by atoms with E-state index in [4.69, 9.17) is 9.47 Å². The highest BCUT2D eigenvalue weighted by Gasteiger charge is 2.36. The molecule has 1 atom stereocenters. The van der Waals surface area contributed by atoms with Crippen LogP contribution < -0.4 is 19.7 Å². The van der Waals surface area contributed by atoms with E-state index in [9.17, 15) is 9.50 Å². The van der Waals surface area contributed by atoms with Crippen LogP contribution in [-0.4, -0.2) is 73.6 Å². The molecule has 2 N–H and O–H groups in total. The monoisotopic (exact) mass is 472 g/mol. The SMILES string of the molecule is COc1cc(CNCC2(O)CCN(c3ccc(F)cn3)C2)ccc1OCCN1CCC(C)CC1. The topological polar surface area (TPSA) is 70.1 Å². The molecule has 0 radical (unpaired) electrons. The van der Waals surface area contributed by atoms with E-state index in [1.54, 1.807) is 13.2 Å². The van der Waals surface area contributed by atoms with Gasteiger partial charge in [-0.3, -0.25) is 4.90 Å². The number of benzene rings is 1. The Hall–Kier alpha value is -2.42. The minimum Gasteiger partial charge on any atom is -0.493 e. The summed E-state index contributed by atoms with van der Waals surface area (Å²) in [5, 5.41) is 14.3. The molecule has 3 heterocycles. The number of aliphatic hydroxyl groups is 1. The maximum Gasteiger partial charge on any atom is 0.161 e. The van der Waals surface area contributed by atoms with Crippen LogP contribution in [0.15, 0.2) is 36.5 Å². The number of anilines is 1. The lowest BCUT2D eigenvalue weighted by molar-refractivity contribution is 0.0626. The Labute approximate surface area is 201 Å². The Morgan fingerprint density at radius 2 is 2.00 bits per heavy atom. The molecule has 0 bridgehead atoms. The predicted octanol–water partition coefficient (Wildman–Crippen LogP) is 3.07. The van der Waals surface area contributed by atoms with Crippen LogP contribution in [0, 0.1) is 11.7 Å². The highest BCUT2D eigenvalue weighted by molar-refractivity contribution is 5.43. The van der Waals surface area contributed by atoms with Crippen LogP contribution in [0.2, 0.25) is 0 Å². The Balaban J connectivity index is 1.23. The number of nitrogens with zero attached hydrogens (tertiary/aromatic N) is 3. The van der Waals surface area contributed by atoms with Crippen LogP contribution in [0.4, 0.5) is 10.2 Å². The summed E-state index contributed by atoms with van der Waals surface area (Å²) in [5.74, 6) is 2.64. The van der Waals surface area contributed by atoms with Gasteiger partial charge in [-0.15, -0.1) is 0 Å². The van der Waals surface area contributed by atoms with E-state index in [2.05, 4.69) is 22.1 Å². The van der Waals surface area contributed by atoms with Crippen molar-refractivity contribution >= 4 is 5.82 Å². The maximum absolute atomic E-state index is 13.1. The molecule has 0 aliphatic carbocycles. The first kappa shape index (κ1) is 24.7. The molecular formula is C26H37FN4O3. The zero-order valence-corrected chi connectivity index (χ0v) is 20.3. The summed E-state index contributed by atoms with van der Waals surface area (Å²) in [6.07, 6.45) is 4.37. The molecule has 2 fully saturated rings. The minimum atomic E-state index is -0.852. The first-order valence-electron chi connectivity index (χ1n) is 12.3. The lowest BCUT2D eigenvalue weighted by Gasteiger charge is -2.30. The number of rotatable bonds is 10. The molecule has 2 aliphatic rings. The second-order valence-electron chi connectivity index (χ2n) is 9.69. The van der Waals surface area contributed by atoms with Crippen LogP contribution in [0.5, 0.6) is 11.5 Å². The Kier molecular flexibility index (Phi) is 8.24. The van der Waals surface area contributed by atoms with Gasteiger partial charge in [0.25, 0.3) is 0 Å². The average Bonchev–Trinajstić information content (AvgIpc) is 3.23. The zero-order chi connectivity index (χ0) is 24.0. The van der Waals surface area contributed by atoms with Crippen molar-refractivity contribution in [3.8, 4) is 11.5 Å². The standard InChI is InChI=1S/C26H37FN4O3/c1-20-7-10-30(11-8-20)13-14-34-23-5-3-21(15-24(23)33-2)16-28-18-26(32)9-12-31(19-26)25-6-4-22(27)17-29-25/h3-6,15,17,20,28,32H,7-14,16,18-19H2,1-2H3. The first-order valence-corrected chi connectivity index (χ1v) is 12.3. The van der Waals surface area contributed by atoms with E-state index in [1.165, 1.54) is 25.1 Å². The van der Waals surface area contributed by atoms with E-state index in [0.717, 1.165) is 42.6 Å². The van der Waals surface area contributed by atoms with Crippen LogP contribution in [0.1, 0.15) is 31.7 Å². The minimum absolute atomic E-state index is 0.358. The second-order valence-corrected chi connectivity index (χ2v) is 9.69. The van der Waals surface area contributed by atoms with E-state index in [-0.39, 0.29) is 5.82 Å². The Morgan fingerprint density at radius 1 is 1.18 bits per heavy atom. The summed E-state index contributed by atoms with van der Waals surface area (Å²) in [6.45, 7) is 8.42. The lowest BCUT2D eigenvalue weighted by Crippen LogP contribution is -2.43. The normalized spacial score (nSPS) is 21.7. The van der Waals surface area contributed by atoms with Crippen molar-refractivity contribution in [1.29, 1.82) is 0 Å². The molecule has 34 heavy (non-hydrogen) atoms. The molecule has 4 rings (SSSR count). The van der Waals surface area contributed by atoms with Gasteiger partial charge in [-0.05, 0) is 68.1 Å². The van der Waals surface area contributed by atoms with Gasteiger partial charge >= 0.3 is 0 Å². The molecule has 1 aromatic heterocycles. The van der Waals surface area contributed by atoms with Crippen molar-refractivity contribution in [3.05, 3.63) is 47.9 Å². The van der Waals surface area contributed by atoms with E-state index in [1.807, 2.05) is 23.1 Å². The van der Waals surface area contributed by atoms with Gasteiger partial charge in [-0.2, -0.15) is 0 Å². The van der Waals surface area contributed by atoms with E-state index >= 15 is 0 Å². The number of aromatic nitrogens is 1. The highest BCUT2D eigenvalue weighted by Crippen LogP contribution is 2.29. The summed E-state index contributed by atoms with van der Waals surface area (Å²) >= 11 is 0. The van der Waals surface area contributed by atoms with E-state index < -0.39 is 5.60 Å². The number of halogens is 1. The van der Waals surface area contributed by atoms with Crippen molar-refractivity contribution in [2.24, 2.45) is 5.92 Å². The smallest absolute Gasteiger partial charge is 0.161 e. The summed E-state index contributed by atoms with van der Waals surface area (Å²) in [7, 11) is 1.66. The fourth-order valence-electron chi connectivity index (χ4n) is 4.70. The van der Waals surface area contributed by atoms with Crippen molar-refractivity contribution in [1.82, 2.24) is 15.2 Å². The van der Waals surface area contributed by atoms with Crippen LogP contribution >= 0.6 is 0 Å². The molecule has 8 heteroatoms. The van der Waals surface area contributed by atoms with Crippen LogP contribution in [0.3, 0.4) is 0 Å². The van der Waals surface area contributed by atoms with Gasteiger partial charge in [0.05, 0.1) is 18.9 Å². The first-order chi connectivity index (χ1) is 16.4. The third-order valence-corrected chi connectivity index (χ3v) is 6.92. The molecular weight excluding hydrogens is 435 g/mol. The van der Waals surface area contributed by atoms with Gasteiger partial charge < -0.3 is 24.8 Å². The maximum atomic E-state index is 13.1. The van der Waals surface area contributed by atoms with Crippen LogP contribution in [0.25, 0.3) is 0 Å².